The molecule has 0 aliphatic carbocycles. The summed E-state index contributed by atoms with van der Waals surface area (Å²) in [7, 11) is 2.15. The molecule has 3 nitrogen and oxygen atoms in total. The molecule has 0 N–H and O–H groups in total. The van der Waals surface area contributed by atoms with Crippen LogP contribution in [0.3, 0.4) is 0 Å². The van der Waals surface area contributed by atoms with Crippen molar-refractivity contribution >= 4 is 28.9 Å². The predicted octanol–water partition coefficient (Wildman–Crippen LogP) is 5.70. The molecule has 0 saturated carbocycles. The van der Waals surface area contributed by atoms with Crippen molar-refractivity contribution in [1.82, 2.24) is 0 Å². The van der Waals surface area contributed by atoms with Crippen LogP contribution in [0.2, 0.25) is 0 Å². The van der Waals surface area contributed by atoms with Crippen molar-refractivity contribution in [2.24, 2.45) is 0 Å². The zero-order valence-electron chi connectivity index (χ0n) is 18.3. The third kappa shape index (κ3) is 3.46. The fourth-order valence-electron chi connectivity index (χ4n) is 3.78. The second kappa shape index (κ2) is 7.46. The van der Waals surface area contributed by atoms with Crippen LogP contribution in [0.5, 0.6) is 0 Å². The number of amides is 1. The van der Waals surface area contributed by atoms with Crippen LogP contribution in [0.25, 0.3) is 11.6 Å². The smallest absolute Gasteiger partial charge is 0.258 e. The lowest BCUT2D eigenvalue weighted by molar-refractivity contribution is -0.112. The highest BCUT2D eigenvalue weighted by Gasteiger charge is 2.31. The van der Waals surface area contributed by atoms with Crippen LogP contribution >= 0.6 is 0 Å². The van der Waals surface area contributed by atoms with E-state index < -0.39 is 0 Å². The Morgan fingerprint density at radius 1 is 1.11 bits per heavy atom. The number of benzene rings is 2. The summed E-state index contributed by atoms with van der Waals surface area (Å²) >= 11 is 0. The molecule has 2 aromatic rings. The maximum atomic E-state index is 13.0. The average Bonchev–Trinajstić information content (AvgIpc) is 2.92. The summed E-state index contributed by atoms with van der Waals surface area (Å²) in [6, 6.07) is 12.6. The molecule has 0 fully saturated rings. The monoisotopic (exact) mass is 376 g/mol. The van der Waals surface area contributed by atoms with Gasteiger partial charge in [-0.3, -0.25) is 4.79 Å². The van der Waals surface area contributed by atoms with Crippen molar-refractivity contribution in [3.05, 3.63) is 58.7 Å². The Labute approximate surface area is 169 Å². The Morgan fingerprint density at radius 3 is 2.39 bits per heavy atom. The quantitative estimate of drug-likeness (QED) is 0.639. The molecule has 1 amide bonds. The van der Waals surface area contributed by atoms with E-state index in [9.17, 15) is 4.79 Å². The Bertz CT molecular complexity index is 934. The number of carbonyl (C=O) groups is 1. The lowest BCUT2D eigenvalue weighted by Gasteiger charge is -2.36. The number of anilines is 2. The van der Waals surface area contributed by atoms with Gasteiger partial charge in [-0.15, -0.1) is 0 Å². The number of para-hydroxylation sites is 1. The maximum Gasteiger partial charge on any atom is 0.258 e. The molecule has 0 saturated heterocycles. The molecule has 0 bridgehead atoms. The van der Waals surface area contributed by atoms with Gasteiger partial charge in [0.1, 0.15) is 0 Å². The van der Waals surface area contributed by atoms with Crippen molar-refractivity contribution in [3.63, 3.8) is 0 Å². The second-order valence-corrected chi connectivity index (χ2v) is 8.55. The van der Waals surface area contributed by atoms with Crippen LogP contribution in [0, 0.1) is 6.92 Å². The number of aryl methyl sites for hydroxylation is 2. The van der Waals surface area contributed by atoms with Gasteiger partial charge < -0.3 is 9.80 Å². The summed E-state index contributed by atoms with van der Waals surface area (Å²) in [6.07, 6.45) is 3.03. The van der Waals surface area contributed by atoms with E-state index in [0.717, 1.165) is 28.8 Å². The third-order valence-electron chi connectivity index (χ3n) is 5.79. The van der Waals surface area contributed by atoms with E-state index in [1.165, 1.54) is 16.8 Å². The minimum Gasteiger partial charge on any atom is -0.370 e. The highest BCUT2D eigenvalue weighted by Crippen LogP contribution is 2.38. The largest absolute Gasteiger partial charge is 0.370 e. The molecule has 0 radical (unpaired) electrons. The van der Waals surface area contributed by atoms with Crippen LogP contribution in [0.4, 0.5) is 11.4 Å². The predicted molar refractivity (Wildman–Crippen MR) is 121 cm³/mol. The number of likely N-dealkylation sites (N-methyl/N-ethyl adjacent to an activating group) is 1. The van der Waals surface area contributed by atoms with Crippen molar-refractivity contribution in [3.8, 4) is 0 Å². The van der Waals surface area contributed by atoms with Gasteiger partial charge >= 0.3 is 0 Å². The van der Waals surface area contributed by atoms with E-state index in [0.29, 0.717) is 6.54 Å². The van der Waals surface area contributed by atoms with E-state index in [2.05, 4.69) is 64.8 Å². The number of fused-ring (bicyclic) bond motifs is 1. The van der Waals surface area contributed by atoms with Crippen molar-refractivity contribution in [2.45, 2.75) is 53.5 Å². The summed E-state index contributed by atoms with van der Waals surface area (Å²) < 4.78 is 0. The van der Waals surface area contributed by atoms with E-state index >= 15 is 0 Å². The van der Waals surface area contributed by atoms with Crippen LogP contribution < -0.4 is 9.80 Å². The van der Waals surface area contributed by atoms with Crippen molar-refractivity contribution in [1.29, 1.82) is 0 Å². The molecule has 3 heteroatoms. The highest BCUT2D eigenvalue weighted by molar-refractivity contribution is 6.35. The van der Waals surface area contributed by atoms with Gasteiger partial charge in [0, 0.05) is 36.0 Å². The Kier molecular flexibility index (Phi) is 5.38. The van der Waals surface area contributed by atoms with Gasteiger partial charge in [0.05, 0.1) is 5.69 Å². The number of nitrogens with zero attached hydrogens (tertiary/aromatic N) is 2. The highest BCUT2D eigenvalue weighted by atomic mass is 16.2. The van der Waals surface area contributed by atoms with Gasteiger partial charge in [-0.05, 0) is 82.0 Å². The average molecular weight is 377 g/mol. The first-order valence-electron chi connectivity index (χ1n) is 10.2. The van der Waals surface area contributed by atoms with Gasteiger partial charge in [-0.25, -0.2) is 0 Å². The molecule has 2 aromatic carbocycles. The van der Waals surface area contributed by atoms with Crippen LogP contribution in [-0.2, 0) is 11.2 Å². The fraction of sp³-hybridized carbons (Fsp3) is 0.400. The maximum absolute atomic E-state index is 13.0. The molecular formula is C25H32N2O. The van der Waals surface area contributed by atoms with E-state index in [-0.39, 0.29) is 11.4 Å². The van der Waals surface area contributed by atoms with E-state index in [4.69, 9.17) is 0 Å². The topological polar surface area (TPSA) is 23.6 Å². The minimum absolute atomic E-state index is 0.0539. The molecule has 1 aliphatic heterocycles. The molecule has 0 aromatic heterocycles. The summed E-state index contributed by atoms with van der Waals surface area (Å²) in [6.45, 7) is 13.7. The van der Waals surface area contributed by atoms with Gasteiger partial charge in [-0.2, -0.15) is 0 Å². The van der Waals surface area contributed by atoms with E-state index in [1.54, 1.807) is 0 Å². The number of carbonyl (C=O) groups excluding carboxylic acids is 1. The third-order valence-corrected chi connectivity index (χ3v) is 5.79. The van der Waals surface area contributed by atoms with Gasteiger partial charge in [-0.1, -0.05) is 25.1 Å². The lowest BCUT2D eigenvalue weighted by Crippen LogP contribution is -2.38. The van der Waals surface area contributed by atoms with Crippen LogP contribution in [-0.4, -0.2) is 25.0 Å². The summed E-state index contributed by atoms with van der Waals surface area (Å²) in [5.74, 6) is 0.0945. The zero-order chi connectivity index (χ0) is 20.6. The number of rotatable bonds is 4. The molecule has 1 aliphatic rings. The Morgan fingerprint density at radius 2 is 1.79 bits per heavy atom. The number of hydrogen-bond acceptors (Lipinski definition) is 2. The standard InChI is InChI=1S/C25H32N2O/c1-8-18-15-19(17(3)14-23(18)26(7)25(4,5)6)16-21-20-12-10-11-13-22(20)27(9-2)24(21)28/h10-16H,8-9H2,1-7H3/b21-16-. The summed E-state index contributed by atoms with van der Waals surface area (Å²) in [5.41, 5.74) is 7.78. The molecule has 1 heterocycles. The van der Waals surface area contributed by atoms with Crippen LogP contribution in [0.15, 0.2) is 36.4 Å². The lowest BCUT2D eigenvalue weighted by atomic mass is 9.95. The van der Waals surface area contributed by atoms with E-state index in [1.807, 2.05) is 36.1 Å². The molecule has 0 atom stereocenters. The van der Waals surface area contributed by atoms with Gasteiger partial charge in [0.25, 0.3) is 5.91 Å². The van der Waals surface area contributed by atoms with Gasteiger partial charge in [0.2, 0.25) is 0 Å². The second-order valence-electron chi connectivity index (χ2n) is 8.55. The van der Waals surface area contributed by atoms with Gasteiger partial charge in [0.15, 0.2) is 0 Å². The molecule has 3 rings (SSSR count). The first-order chi connectivity index (χ1) is 13.2. The number of hydrogen-bond donors (Lipinski definition) is 0. The van der Waals surface area contributed by atoms with Crippen LogP contribution in [0.1, 0.15) is 56.9 Å². The molecule has 28 heavy (non-hydrogen) atoms. The molecular weight excluding hydrogens is 344 g/mol. The van der Waals surface area contributed by atoms with Crippen molar-refractivity contribution < 1.29 is 4.79 Å². The Hall–Kier alpha value is -2.55. The summed E-state index contributed by atoms with van der Waals surface area (Å²) in [4.78, 5) is 17.2. The SMILES string of the molecule is CCc1cc(/C=C2\C(=O)N(CC)c3ccccc32)c(C)cc1N(C)C(C)(C)C. The van der Waals surface area contributed by atoms with Crippen molar-refractivity contribution in [2.75, 3.05) is 23.4 Å². The normalized spacial score (nSPS) is 15.3. The summed E-state index contributed by atoms with van der Waals surface area (Å²) in [5, 5.41) is 0. The minimum atomic E-state index is 0.0539. The first-order valence-corrected chi connectivity index (χ1v) is 10.2. The fourth-order valence-corrected chi connectivity index (χ4v) is 3.78. The molecule has 0 spiro atoms. The Balaban J connectivity index is 2.12. The zero-order valence-corrected chi connectivity index (χ0v) is 18.3. The first kappa shape index (κ1) is 20.2. The molecule has 0 unspecified atom stereocenters. The molecule has 148 valence electrons.